The molecular weight excluding hydrogens is 359 g/mol. The third-order valence-corrected chi connectivity index (χ3v) is 7.01. The maximum absolute atomic E-state index is 13.7. The first kappa shape index (κ1) is 20.4. The normalized spacial score (nSPS) is 16.4. The molecule has 144 valence electrons. The second-order valence-corrected chi connectivity index (χ2v) is 10.2. The van der Waals surface area contributed by atoms with Gasteiger partial charge in [-0.05, 0) is 45.7 Å². The van der Waals surface area contributed by atoms with Crippen LogP contribution in [0.4, 0.5) is 4.39 Å². The molecule has 6 nitrogen and oxygen atoms in total. The van der Waals surface area contributed by atoms with Gasteiger partial charge in [-0.2, -0.15) is 0 Å². The molecule has 1 aliphatic rings. The van der Waals surface area contributed by atoms with Crippen LogP contribution in [0.2, 0.25) is 0 Å². The molecule has 1 fully saturated rings. The van der Waals surface area contributed by atoms with Gasteiger partial charge in [-0.25, -0.2) is 12.8 Å². The van der Waals surface area contributed by atoms with Crippen molar-refractivity contribution in [3.63, 3.8) is 0 Å². The second kappa shape index (κ2) is 7.73. The van der Waals surface area contributed by atoms with Gasteiger partial charge in [0.1, 0.15) is 11.6 Å². The summed E-state index contributed by atoms with van der Waals surface area (Å²) in [5.74, 6) is -2.01. The fourth-order valence-corrected chi connectivity index (χ4v) is 3.55. The maximum Gasteiger partial charge on any atom is 0.256 e. The number of benzene rings is 1. The number of piperidine rings is 1. The number of carbonyl (C=O) groups is 2. The molecule has 1 N–H and O–H groups in total. The molecule has 2 rings (SSSR count). The van der Waals surface area contributed by atoms with Crippen molar-refractivity contribution >= 4 is 21.7 Å². The molecule has 1 aromatic rings. The molecule has 1 heterocycles. The van der Waals surface area contributed by atoms with Crippen LogP contribution < -0.4 is 5.32 Å². The van der Waals surface area contributed by atoms with Gasteiger partial charge in [-0.15, -0.1) is 0 Å². The third kappa shape index (κ3) is 4.81. The van der Waals surface area contributed by atoms with Crippen LogP contribution in [0.5, 0.6) is 0 Å². The van der Waals surface area contributed by atoms with Gasteiger partial charge in [0, 0.05) is 19.1 Å². The van der Waals surface area contributed by atoms with Gasteiger partial charge in [0.15, 0.2) is 9.84 Å². The topological polar surface area (TPSA) is 83.6 Å². The lowest BCUT2D eigenvalue weighted by molar-refractivity contribution is -0.119. The molecule has 0 unspecified atom stereocenters. The molecule has 26 heavy (non-hydrogen) atoms. The van der Waals surface area contributed by atoms with E-state index in [1.807, 2.05) is 0 Å². The van der Waals surface area contributed by atoms with Crippen molar-refractivity contribution in [1.29, 1.82) is 0 Å². The van der Waals surface area contributed by atoms with E-state index in [0.29, 0.717) is 25.9 Å². The van der Waals surface area contributed by atoms with E-state index in [4.69, 9.17) is 0 Å². The van der Waals surface area contributed by atoms with Crippen molar-refractivity contribution in [1.82, 2.24) is 10.2 Å². The Balaban J connectivity index is 1.88. The standard InChI is InChI=1S/C18H25FN2O4S/c1-18(2,3)26(24,25)12-16(22)20-13-8-10-21(11-9-13)17(23)14-6-4-5-7-15(14)19/h4-7,13H,8-12H2,1-3H3,(H,20,22). The third-order valence-electron chi connectivity index (χ3n) is 4.51. The molecule has 0 radical (unpaired) electrons. The minimum atomic E-state index is -3.53. The molecule has 0 saturated carbocycles. The lowest BCUT2D eigenvalue weighted by Crippen LogP contribution is -2.48. The van der Waals surface area contributed by atoms with Crippen molar-refractivity contribution < 1.29 is 22.4 Å². The quantitative estimate of drug-likeness (QED) is 0.857. The van der Waals surface area contributed by atoms with E-state index in [1.54, 1.807) is 31.7 Å². The van der Waals surface area contributed by atoms with Crippen LogP contribution in [0.1, 0.15) is 44.0 Å². The summed E-state index contributed by atoms with van der Waals surface area (Å²) in [7, 11) is -3.53. The largest absolute Gasteiger partial charge is 0.352 e. The van der Waals surface area contributed by atoms with Crippen molar-refractivity contribution in [2.45, 2.75) is 44.4 Å². The molecule has 2 amide bonds. The van der Waals surface area contributed by atoms with E-state index in [1.165, 1.54) is 18.2 Å². The minimum Gasteiger partial charge on any atom is -0.352 e. The average Bonchev–Trinajstić information content (AvgIpc) is 2.53. The predicted octanol–water partition coefficient (Wildman–Crippen LogP) is 1.76. The zero-order valence-electron chi connectivity index (χ0n) is 15.3. The number of halogens is 1. The summed E-state index contributed by atoms with van der Waals surface area (Å²) in [6.07, 6.45) is 1.00. The first-order valence-electron chi connectivity index (χ1n) is 8.57. The number of hydrogen-bond acceptors (Lipinski definition) is 4. The first-order valence-corrected chi connectivity index (χ1v) is 10.2. The Hall–Kier alpha value is -1.96. The highest BCUT2D eigenvalue weighted by molar-refractivity contribution is 7.93. The Morgan fingerprint density at radius 2 is 1.77 bits per heavy atom. The van der Waals surface area contributed by atoms with E-state index in [0.717, 1.165) is 0 Å². The second-order valence-electron chi connectivity index (χ2n) is 7.49. The van der Waals surface area contributed by atoms with Gasteiger partial charge in [0.2, 0.25) is 5.91 Å². The SMILES string of the molecule is CC(C)(C)S(=O)(=O)CC(=O)NC1CCN(C(=O)c2ccccc2F)CC1. The van der Waals surface area contributed by atoms with Crippen LogP contribution in [0.15, 0.2) is 24.3 Å². The molecule has 0 spiro atoms. The van der Waals surface area contributed by atoms with Gasteiger partial charge >= 0.3 is 0 Å². The van der Waals surface area contributed by atoms with E-state index >= 15 is 0 Å². The smallest absolute Gasteiger partial charge is 0.256 e. The zero-order chi connectivity index (χ0) is 19.5. The summed E-state index contributed by atoms with van der Waals surface area (Å²) in [6, 6.07) is 5.64. The molecule has 1 aliphatic heterocycles. The lowest BCUT2D eigenvalue weighted by Gasteiger charge is -2.32. The number of nitrogens with zero attached hydrogens (tertiary/aromatic N) is 1. The van der Waals surface area contributed by atoms with E-state index < -0.39 is 32.1 Å². The van der Waals surface area contributed by atoms with Crippen molar-refractivity contribution in [3.8, 4) is 0 Å². The first-order chi connectivity index (χ1) is 12.0. The summed E-state index contributed by atoms with van der Waals surface area (Å²) in [5.41, 5.74) is 0.0336. The molecular formula is C18H25FN2O4S. The molecule has 0 bridgehead atoms. The Kier molecular flexibility index (Phi) is 6.05. The number of carbonyl (C=O) groups excluding carboxylic acids is 2. The van der Waals surface area contributed by atoms with Crippen LogP contribution >= 0.6 is 0 Å². The van der Waals surface area contributed by atoms with Gasteiger partial charge in [-0.1, -0.05) is 12.1 Å². The summed E-state index contributed by atoms with van der Waals surface area (Å²) < 4.78 is 36.9. The summed E-state index contributed by atoms with van der Waals surface area (Å²) in [5, 5.41) is 2.73. The lowest BCUT2D eigenvalue weighted by atomic mass is 10.0. The van der Waals surface area contributed by atoms with Gasteiger partial charge < -0.3 is 10.2 Å². The fraction of sp³-hybridized carbons (Fsp3) is 0.556. The van der Waals surface area contributed by atoms with Crippen LogP contribution in [0, 0.1) is 5.82 Å². The van der Waals surface area contributed by atoms with Crippen LogP contribution in [0.3, 0.4) is 0 Å². The fourth-order valence-electron chi connectivity index (χ4n) is 2.69. The number of nitrogens with one attached hydrogen (secondary N) is 1. The number of sulfone groups is 1. The minimum absolute atomic E-state index is 0.0336. The maximum atomic E-state index is 13.7. The van der Waals surface area contributed by atoms with Crippen molar-refractivity contribution in [2.75, 3.05) is 18.8 Å². The van der Waals surface area contributed by atoms with E-state index in [9.17, 15) is 22.4 Å². The molecule has 1 aromatic carbocycles. The van der Waals surface area contributed by atoms with Crippen molar-refractivity contribution in [3.05, 3.63) is 35.6 Å². The highest BCUT2D eigenvalue weighted by Crippen LogP contribution is 2.18. The number of rotatable bonds is 4. The summed E-state index contributed by atoms with van der Waals surface area (Å²) in [4.78, 5) is 25.9. The van der Waals surface area contributed by atoms with Gasteiger partial charge in [-0.3, -0.25) is 9.59 Å². The molecule has 0 aliphatic carbocycles. The highest BCUT2D eigenvalue weighted by Gasteiger charge is 2.32. The zero-order valence-corrected chi connectivity index (χ0v) is 16.1. The molecule has 8 heteroatoms. The molecule has 0 aromatic heterocycles. The van der Waals surface area contributed by atoms with Gasteiger partial charge in [0.25, 0.3) is 5.91 Å². The predicted molar refractivity (Wildman–Crippen MR) is 97.0 cm³/mol. The van der Waals surface area contributed by atoms with Gasteiger partial charge in [0.05, 0.1) is 10.3 Å². The Labute approximate surface area is 153 Å². The Morgan fingerprint density at radius 1 is 1.19 bits per heavy atom. The van der Waals surface area contributed by atoms with E-state index in [-0.39, 0.29) is 17.5 Å². The molecule has 1 saturated heterocycles. The number of amides is 2. The Bertz CT molecular complexity index is 779. The van der Waals surface area contributed by atoms with E-state index in [2.05, 4.69) is 5.32 Å². The van der Waals surface area contributed by atoms with Crippen LogP contribution in [-0.2, 0) is 14.6 Å². The number of likely N-dealkylation sites (tertiary alicyclic amines) is 1. The summed E-state index contributed by atoms with van der Waals surface area (Å²) in [6.45, 7) is 5.43. The van der Waals surface area contributed by atoms with Crippen molar-refractivity contribution in [2.24, 2.45) is 0 Å². The van der Waals surface area contributed by atoms with Crippen LogP contribution in [0.25, 0.3) is 0 Å². The van der Waals surface area contributed by atoms with Crippen LogP contribution in [-0.4, -0.2) is 54.8 Å². The average molecular weight is 384 g/mol. The number of hydrogen-bond donors (Lipinski definition) is 1. The molecule has 0 atom stereocenters. The Morgan fingerprint density at radius 3 is 2.31 bits per heavy atom. The monoisotopic (exact) mass is 384 g/mol. The summed E-state index contributed by atoms with van der Waals surface area (Å²) >= 11 is 0. The highest BCUT2D eigenvalue weighted by atomic mass is 32.2.